The zero-order valence-corrected chi connectivity index (χ0v) is 22.3. The van der Waals surface area contributed by atoms with Crippen LogP contribution >= 0.6 is 0 Å². The van der Waals surface area contributed by atoms with Gasteiger partial charge in [0.2, 0.25) is 0 Å². The van der Waals surface area contributed by atoms with Crippen molar-refractivity contribution in [1.82, 2.24) is 9.47 Å². The lowest BCUT2D eigenvalue weighted by Gasteiger charge is -2.35. The average Bonchev–Trinajstić information content (AvgIpc) is 3.24. The summed E-state index contributed by atoms with van der Waals surface area (Å²) in [5, 5.41) is 15.9. The number of hydrogen-bond donors (Lipinski definition) is 3. The molecule has 3 N–H and O–H groups in total. The summed E-state index contributed by atoms with van der Waals surface area (Å²) in [5.41, 5.74) is 1.64. The van der Waals surface area contributed by atoms with Gasteiger partial charge in [0.1, 0.15) is 18.5 Å². The summed E-state index contributed by atoms with van der Waals surface area (Å²) in [6.45, 7) is 2.81. The molecule has 0 unspecified atom stereocenters. The Morgan fingerprint density at radius 1 is 1.20 bits per heavy atom. The summed E-state index contributed by atoms with van der Waals surface area (Å²) < 4.78 is 61.9. The van der Waals surface area contributed by atoms with Crippen molar-refractivity contribution in [3.8, 4) is 17.6 Å². The number of anilines is 2. The molecule has 40 heavy (non-hydrogen) atoms. The van der Waals surface area contributed by atoms with Gasteiger partial charge in [0.15, 0.2) is 0 Å². The van der Waals surface area contributed by atoms with Crippen molar-refractivity contribution >= 4 is 28.2 Å². The van der Waals surface area contributed by atoms with Gasteiger partial charge in [0.25, 0.3) is 0 Å². The first-order valence-corrected chi connectivity index (χ1v) is 13.1. The van der Waals surface area contributed by atoms with Gasteiger partial charge in [-0.25, -0.2) is 9.18 Å². The highest BCUT2D eigenvalue weighted by Gasteiger charge is 2.31. The van der Waals surface area contributed by atoms with Gasteiger partial charge in [-0.3, -0.25) is 0 Å². The number of alkyl halides is 4. The molecule has 1 aliphatic heterocycles. The van der Waals surface area contributed by atoms with Crippen LogP contribution in [0.3, 0.4) is 0 Å². The molecule has 0 radical (unpaired) electrons. The predicted molar refractivity (Wildman–Crippen MR) is 147 cm³/mol. The standard InChI is InChI=1S/C29H32F4N4O3/c1-3-13-36-14-11-24(22(30)17-36)35-23-7-4-8-26-21(23)16-20(37(26)18-29(31,32)33)6-5-12-34-25-10-9-19(28(38)39)15-27(25)40-2/h4,7-10,15-16,22,24,34-35H,3,11-14,17-18H2,1-2H3,(H,38,39)/t22-,24+/m0/s1. The molecule has 2 aromatic carbocycles. The van der Waals surface area contributed by atoms with Crippen molar-refractivity contribution in [2.75, 3.05) is 43.9 Å². The van der Waals surface area contributed by atoms with Crippen LogP contribution < -0.4 is 15.4 Å². The van der Waals surface area contributed by atoms with Gasteiger partial charge in [-0.05, 0) is 61.7 Å². The highest BCUT2D eigenvalue weighted by molar-refractivity contribution is 5.94. The maximum absolute atomic E-state index is 14.9. The third-order valence-corrected chi connectivity index (χ3v) is 6.82. The summed E-state index contributed by atoms with van der Waals surface area (Å²) in [6.07, 6.45) is -4.03. The van der Waals surface area contributed by atoms with Crippen LogP contribution in [0, 0.1) is 11.8 Å². The van der Waals surface area contributed by atoms with E-state index in [1.807, 2.05) is 0 Å². The van der Waals surface area contributed by atoms with E-state index < -0.39 is 30.9 Å². The molecule has 1 aliphatic rings. The number of likely N-dealkylation sites (tertiary alicyclic amines) is 1. The Bertz CT molecular complexity index is 1410. The maximum Gasteiger partial charge on any atom is 0.406 e. The first kappa shape index (κ1) is 29.1. The molecule has 0 aliphatic carbocycles. The van der Waals surface area contributed by atoms with Gasteiger partial charge in [-0.2, -0.15) is 13.2 Å². The zero-order chi connectivity index (χ0) is 28.9. The minimum atomic E-state index is -4.47. The van der Waals surface area contributed by atoms with E-state index in [2.05, 4.69) is 34.3 Å². The topological polar surface area (TPSA) is 78.8 Å². The number of benzene rings is 2. The van der Waals surface area contributed by atoms with Crippen molar-refractivity contribution in [3.05, 3.63) is 53.7 Å². The second kappa shape index (κ2) is 12.5. The van der Waals surface area contributed by atoms with Crippen LogP contribution in [0.15, 0.2) is 42.5 Å². The fraction of sp³-hybridized carbons (Fsp3) is 0.414. The van der Waals surface area contributed by atoms with Gasteiger partial charge >= 0.3 is 12.1 Å². The highest BCUT2D eigenvalue weighted by Crippen LogP contribution is 2.32. The second-order valence-corrected chi connectivity index (χ2v) is 9.70. The van der Waals surface area contributed by atoms with Crippen molar-refractivity contribution in [2.45, 2.75) is 44.7 Å². The number of halogens is 4. The van der Waals surface area contributed by atoms with Crippen molar-refractivity contribution in [2.24, 2.45) is 0 Å². The monoisotopic (exact) mass is 560 g/mol. The van der Waals surface area contributed by atoms with Gasteiger partial charge in [-0.15, -0.1) is 0 Å². The number of carboxylic acids is 1. The van der Waals surface area contributed by atoms with E-state index in [0.717, 1.165) is 24.1 Å². The normalized spacial score (nSPS) is 17.8. The third kappa shape index (κ3) is 6.99. The molecular formula is C29H32F4N4O3. The van der Waals surface area contributed by atoms with Crippen molar-refractivity contribution in [1.29, 1.82) is 0 Å². The molecule has 11 heteroatoms. The summed E-state index contributed by atoms with van der Waals surface area (Å²) in [4.78, 5) is 13.3. The van der Waals surface area contributed by atoms with E-state index in [1.54, 1.807) is 24.3 Å². The van der Waals surface area contributed by atoms with Gasteiger partial charge in [0, 0.05) is 24.2 Å². The predicted octanol–water partition coefficient (Wildman–Crippen LogP) is 5.61. The van der Waals surface area contributed by atoms with Crippen LogP contribution in [0.2, 0.25) is 0 Å². The van der Waals surface area contributed by atoms with Gasteiger partial charge in [-0.1, -0.05) is 18.9 Å². The Kier molecular flexibility index (Phi) is 9.10. The van der Waals surface area contributed by atoms with E-state index in [1.165, 1.54) is 25.3 Å². The molecule has 1 fully saturated rings. The molecule has 2 heterocycles. The molecule has 0 bridgehead atoms. The molecule has 0 saturated carbocycles. The van der Waals surface area contributed by atoms with Crippen LogP contribution in [-0.4, -0.2) is 72.2 Å². The number of carbonyl (C=O) groups is 1. The van der Waals surface area contributed by atoms with Crippen LogP contribution in [0.5, 0.6) is 5.75 Å². The van der Waals surface area contributed by atoms with Crippen LogP contribution in [0.25, 0.3) is 10.9 Å². The number of fused-ring (bicyclic) bond motifs is 1. The molecular weight excluding hydrogens is 528 g/mol. The molecule has 0 spiro atoms. The third-order valence-electron chi connectivity index (χ3n) is 6.82. The fourth-order valence-electron chi connectivity index (χ4n) is 4.96. The summed E-state index contributed by atoms with van der Waals surface area (Å²) in [7, 11) is 1.40. The number of piperidine rings is 1. The first-order chi connectivity index (χ1) is 19.1. The lowest BCUT2D eigenvalue weighted by atomic mass is 10.0. The van der Waals surface area contributed by atoms with Crippen LogP contribution in [0.4, 0.5) is 28.9 Å². The largest absolute Gasteiger partial charge is 0.495 e. The van der Waals surface area contributed by atoms with E-state index in [-0.39, 0.29) is 17.8 Å². The Balaban J connectivity index is 1.58. The van der Waals surface area contributed by atoms with Crippen LogP contribution in [-0.2, 0) is 6.54 Å². The smallest absolute Gasteiger partial charge is 0.406 e. The number of rotatable bonds is 9. The van der Waals surface area contributed by atoms with Gasteiger partial charge in [0.05, 0.1) is 42.2 Å². The lowest BCUT2D eigenvalue weighted by Crippen LogP contribution is -2.47. The van der Waals surface area contributed by atoms with Crippen molar-refractivity contribution in [3.63, 3.8) is 0 Å². The van der Waals surface area contributed by atoms with Crippen LogP contribution in [0.1, 0.15) is 35.8 Å². The van der Waals surface area contributed by atoms with Gasteiger partial charge < -0.3 is 29.9 Å². The minimum absolute atomic E-state index is 0.0557. The van der Waals surface area contributed by atoms with E-state index in [0.29, 0.717) is 41.0 Å². The van der Waals surface area contributed by atoms with E-state index >= 15 is 0 Å². The number of methoxy groups -OCH3 is 1. The van der Waals surface area contributed by atoms with E-state index in [4.69, 9.17) is 9.84 Å². The summed E-state index contributed by atoms with van der Waals surface area (Å²) >= 11 is 0. The Morgan fingerprint density at radius 2 is 2.00 bits per heavy atom. The lowest BCUT2D eigenvalue weighted by molar-refractivity contribution is -0.140. The molecule has 0 amide bonds. The second-order valence-electron chi connectivity index (χ2n) is 9.70. The number of aromatic carboxylic acids is 1. The van der Waals surface area contributed by atoms with E-state index in [9.17, 15) is 22.4 Å². The highest BCUT2D eigenvalue weighted by atomic mass is 19.4. The first-order valence-electron chi connectivity index (χ1n) is 13.1. The molecule has 7 nitrogen and oxygen atoms in total. The summed E-state index contributed by atoms with van der Waals surface area (Å²) in [5.74, 6) is 4.88. The quantitative estimate of drug-likeness (QED) is 0.233. The average molecular weight is 561 g/mol. The number of nitrogens with zero attached hydrogens (tertiary/aromatic N) is 2. The molecule has 1 aromatic heterocycles. The molecule has 1 saturated heterocycles. The number of ether oxygens (including phenoxy) is 1. The summed E-state index contributed by atoms with van der Waals surface area (Å²) in [6, 6.07) is 10.5. The Hall–Kier alpha value is -3.91. The number of carboxylic acid groups (broad SMARTS) is 1. The molecule has 214 valence electrons. The number of aromatic nitrogens is 1. The molecule has 3 aromatic rings. The number of hydrogen-bond acceptors (Lipinski definition) is 5. The Morgan fingerprint density at radius 3 is 2.67 bits per heavy atom. The zero-order valence-electron chi connectivity index (χ0n) is 22.3. The number of nitrogens with one attached hydrogen (secondary N) is 2. The molecule has 2 atom stereocenters. The Labute approximate surface area is 230 Å². The minimum Gasteiger partial charge on any atom is -0.495 e. The molecule has 4 rings (SSSR count). The van der Waals surface area contributed by atoms with Crippen molar-refractivity contribution < 1.29 is 32.2 Å². The maximum atomic E-state index is 14.9. The SMILES string of the molecule is CCCN1CC[C@@H](Nc2cccc3c2cc(C#CCNc2ccc(C(=O)O)cc2OC)n3CC(F)(F)F)[C@@H](F)C1. The fourth-order valence-corrected chi connectivity index (χ4v) is 4.96.